The smallest absolute Gasteiger partial charge is 0.149 e. The first-order chi connectivity index (χ1) is 6.47. The third-order valence-electron chi connectivity index (χ3n) is 2.49. The molecule has 0 aliphatic rings. The Morgan fingerprint density at radius 2 is 1.79 bits per heavy atom. The molecule has 14 heavy (non-hydrogen) atoms. The Morgan fingerprint density at radius 3 is 2.14 bits per heavy atom. The molecule has 0 saturated carbocycles. The molecule has 0 spiro atoms. The van der Waals surface area contributed by atoms with Crippen molar-refractivity contribution in [3.05, 3.63) is 0 Å². The van der Waals surface area contributed by atoms with Crippen LogP contribution in [0.3, 0.4) is 0 Å². The summed E-state index contributed by atoms with van der Waals surface area (Å²) in [6, 6.07) is 0. The summed E-state index contributed by atoms with van der Waals surface area (Å²) in [5, 5.41) is 0. The molecular formula is C12H25NO. The molecule has 0 radical (unpaired) electrons. The fraction of sp³-hybridized carbons (Fsp3) is 0.917. The molecule has 0 aromatic carbocycles. The van der Waals surface area contributed by atoms with Gasteiger partial charge in [-0.1, -0.05) is 34.6 Å². The predicted molar refractivity (Wildman–Crippen MR) is 61.4 cm³/mol. The first-order valence-corrected chi connectivity index (χ1v) is 5.72. The molecule has 2 heteroatoms. The zero-order valence-corrected chi connectivity index (χ0v) is 10.3. The van der Waals surface area contributed by atoms with Gasteiger partial charge in [-0.05, 0) is 25.4 Å². The highest BCUT2D eigenvalue weighted by atomic mass is 16.1. The molecule has 2 nitrogen and oxygen atoms in total. The van der Waals surface area contributed by atoms with Crippen molar-refractivity contribution in [2.24, 2.45) is 11.8 Å². The van der Waals surface area contributed by atoms with E-state index in [0.717, 1.165) is 19.0 Å². The van der Waals surface area contributed by atoms with E-state index in [4.69, 9.17) is 0 Å². The molecular weight excluding hydrogens is 174 g/mol. The van der Waals surface area contributed by atoms with Gasteiger partial charge in [0.2, 0.25) is 0 Å². The quantitative estimate of drug-likeness (QED) is 0.628. The second kappa shape index (κ2) is 6.99. The molecule has 0 atom stereocenters. The highest BCUT2D eigenvalue weighted by Crippen LogP contribution is 2.03. The number of hydrogen-bond donors (Lipinski definition) is 0. The summed E-state index contributed by atoms with van der Waals surface area (Å²) < 4.78 is 0. The molecule has 0 aromatic rings. The summed E-state index contributed by atoms with van der Waals surface area (Å²) in [4.78, 5) is 13.8. The van der Waals surface area contributed by atoms with Crippen LogP contribution in [0.25, 0.3) is 0 Å². The highest BCUT2D eigenvalue weighted by molar-refractivity contribution is 5.82. The van der Waals surface area contributed by atoms with Gasteiger partial charge >= 0.3 is 0 Å². The Morgan fingerprint density at radius 1 is 1.21 bits per heavy atom. The molecule has 0 bridgehead atoms. The monoisotopic (exact) mass is 199 g/mol. The number of carbonyl (C=O) groups excluding carboxylic acids is 1. The molecule has 0 aromatic heterocycles. The van der Waals surface area contributed by atoms with Gasteiger partial charge in [-0.3, -0.25) is 9.69 Å². The van der Waals surface area contributed by atoms with Crippen LogP contribution < -0.4 is 0 Å². The number of nitrogens with zero attached hydrogens (tertiary/aromatic N) is 1. The van der Waals surface area contributed by atoms with E-state index in [0.29, 0.717) is 12.3 Å². The fourth-order valence-corrected chi connectivity index (χ4v) is 1.19. The van der Waals surface area contributed by atoms with Crippen molar-refractivity contribution >= 4 is 5.78 Å². The minimum Gasteiger partial charge on any atom is -0.298 e. The molecule has 84 valence electrons. The average molecular weight is 199 g/mol. The first kappa shape index (κ1) is 13.6. The second-order valence-corrected chi connectivity index (χ2v) is 4.67. The van der Waals surface area contributed by atoms with E-state index in [-0.39, 0.29) is 5.92 Å². The number of carbonyl (C=O) groups is 1. The predicted octanol–water partition coefficient (Wildman–Crippen LogP) is 2.58. The van der Waals surface area contributed by atoms with Gasteiger partial charge in [0.15, 0.2) is 0 Å². The van der Waals surface area contributed by atoms with Crippen molar-refractivity contribution in [3.63, 3.8) is 0 Å². The SMILES string of the molecule is CCN(CCC(C)C)CC(=O)C(C)C. The zero-order valence-electron chi connectivity index (χ0n) is 10.3. The van der Waals surface area contributed by atoms with Crippen LogP contribution in [0.5, 0.6) is 0 Å². The average Bonchev–Trinajstić information content (AvgIpc) is 2.11. The van der Waals surface area contributed by atoms with E-state index in [2.05, 4.69) is 25.7 Å². The van der Waals surface area contributed by atoms with E-state index >= 15 is 0 Å². The maximum atomic E-state index is 11.5. The van der Waals surface area contributed by atoms with E-state index in [1.165, 1.54) is 6.42 Å². The van der Waals surface area contributed by atoms with Crippen molar-refractivity contribution in [3.8, 4) is 0 Å². The summed E-state index contributed by atoms with van der Waals surface area (Å²) in [6.07, 6.45) is 1.18. The molecule has 0 saturated heterocycles. The van der Waals surface area contributed by atoms with Gasteiger partial charge < -0.3 is 0 Å². The lowest BCUT2D eigenvalue weighted by atomic mass is 10.1. The first-order valence-electron chi connectivity index (χ1n) is 5.72. The van der Waals surface area contributed by atoms with Crippen molar-refractivity contribution in [1.82, 2.24) is 4.90 Å². The summed E-state index contributed by atoms with van der Waals surface area (Å²) in [7, 11) is 0. The summed E-state index contributed by atoms with van der Waals surface area (Å²) >= 11 is 0. The van der Waals surface area contributed by atoms with Crippen LogP contribution in [0.2, 0.25) is 0 Å². The van der Waals surface area contributed by atoms with E-state index in [1.807, 2.05) is 13.8 Å². The second-order valence-electron chi connectivity index (χ2n) is 4.67. The van der Waals surface area contributed by atoms with Crippen molar-refractivity contribution in [1.29, 1.82) is 0 Å². The van der Waals surface area contributed by atoms with E-state index in [1.54, 1.807) is 0 Å². The lowest BCUT2D eigenvalue weighted by Crippen LogP contribution is -2.33. The summed E-state index contributed by atoms with van der Waals surface area (Å²) in [5.74, 6) is 1.25. The maximum Gasteiger partial charge on any atom is 0.149 e. The number of Topliss-reactive ketones (excluding diaryl/α,β-unsaturated/α-hetero) is 1. The molecule has 0 aliphatic carbocycles. The van der Waals surface area contributed by atoms with Gasteiger partial charge in [0.25, 0.3) is 0 Å². The van der Waals surface area contributed by atoms with Crippen molar-refractivity contribution in [2.45, 2.75) is 41.0 Å². The summed E-state index contributed by atoms with van der Waals surface area (Å²) in [6.45, 7) is 13.2. The lowest BCUT2D eigenvalue weighted by molar-refractivity contribution is -0.123. The van der Waals surface area contributed by atoms with Crippen LogP contribution in [0.15, 0.2) is 0 Å². The number of hydrogen-bond acceptors (Lipinski definition) is 2. The van der Waals surface area contributed by atoms with Crippen LogP contribution >= 0.6 is 0 Å². The van der Waals surface area contributed by atoms with E-state index in [9.17, 15) is 4.79 Å². The van der Waals surface area contributed by atoms with E-state index < -0.39 is 0 Å². The number of likely N-dealkylation sites (N-methyl/N-ethyl adjacent to an activating group) is 1. The molecule has 0 aliphatic heterocycles. The van der Waals surface area contributed by atoms with Crippen LogP contribution in [0.4, 0.5) is 0 Å². The van der Waals surface area contributed by atoms with Crippen LogP contribution in [0.1, 0.15) is 41.0 Å². The number of ketones is 1. The normalized spacial score (nSPS) is 11.7. The summed E-state index contributed by atoms with van der Waals surface area (Å²) in [5.41, 5.74) is 0. The highest BCUT2D eigenvalue weighted by Gasteiger charge is 2.12. The molecule has 0 N–H and O–H groups in total. The molecule has 0 heterocycles. The lowest BCUT2D eigenvalue weighted by Gasteiger charge is -2.21. The van der Waals surface area contributed by atoms with Gasteiger partial charge in [0.1, 0.15) is 5.78 Å². The molecule has 0 unspecified atom stereocenters. The third kappa shape index (κ3) is 6.14. The van der Waals surface area contributed by atoms with Gasteiger partial charge in [-0.15, -0.1) is 0 Å². The van der Waals surface area contributed by atoms with Crippen molar-refractivity contribution < 1.29 is 4.79 Å². The zero-order chi connectivity index (χ0) is 11.1. The third-order valence-corrected chi connectivity index (χ3v) is 2.49. The minimum atomic E-state index is 0.170. The van der Waals surface area contributed by atoms with Gasteiger partial charge in [-0.2, -0.15) is 0 Å². The number of rotatable bonds is 7. The van der Waals surface area contributed by atoms with Gasteiger partial charge in [0.05, 0.1) is 6.54 Å². The van der Waals surface area contributed by atoms with Gasteiger partial charge in [0, 0.05) is 5.92 Å². The maximum absolute atomic E-state index is 11.5. The Bertz CT molecular complexity index is 164. The fourth-order valence-electron chi connectivity index (χ4n) is 1.19. The minimum absolute atomic E-state index is 0.170. The van der Waals surface area contributed by atoms with Crippen LogP contribution in [-0.2, 0) is 4.79 Å². The Labute approximate surface area is 88.7 Å². The van der Waals surface area contributed by atoms with Gasteiger partial charge in [-0.25, -0.2) is 0 Å². The Hall–Kier alpha value is -0.370. The largest absolute Gasteiger partial charge is 0.298 e. The molecule has 0 rings (SSSR count). The molecule has 0 fully saturated rings. The Kier molecular flexibility index (Phi) is 6.81. The Balaban J connectivity index is 3.84. The topological polar surface area (TPSA) is 20.3 Å². The standard InChI is InChI=1S/C12H25NO/c1-6-13(8-7-10(2)3)9-12(14)11(4)5/h10-11H,6-9H2,1-5H3. The van der Waals surface area contributed by atoms with Crippen LogP contribution in [0, 0.1) is 11.8 Å². The molecule has 0 amide bonds. The van der Waals surface area contributed by atoms with Crippen LogP contribution in [-0.4, -0.2) is 30.3 Å². The van der Waals surface area contributed by atoms with Crippen molar-refractivity contribution in [2.75, 3.05) is 19.6 Å².